The molecule has 6 heteroatoms. The molecule has 3 rings (SSSR count). The predicted molar refractivity (Wildman–Crippen MR) is 98.1 cm³/mol. The fraction of sp³-hybridized carbons (Fsp3) is 0.778. The van der Waals surface area contributed by atoms with Gasteiger partial charge in [-0.1, -0.05) is 39.0 Å². The van der Waals surface area contributed by atoms with Crippen molar-refractivity contribution >= 4 is 18.3 Å². The van der Waals surface area contributed by atoms with Crippen LogP contribution in [-0.4, -0.2) is 40.0 Å². The van der Waals surface area contributed by atoms with Crippen LogP contribution in [-0.2, 0) is 11.8 Å². The van der Waals surface area contributed by atoms with E-state index in [9.17, 15) is 4.79 Å². The van der Waals surface area contributed by atoms with E-state index in [2.05, 4.69) is 22.1 Å². The summed E-state index contributed by atoms with van der Waals surface area (Å²) in [6.07, 6.45) is 11.1. The SMILES string of the molecule is CC(CC(=O)N1CCNCC1c1nccn1C)C1CCCCC1.Cl. The minimum Gasteiger partial charge on any atom is -0.336 e. The molecule has 1 saturated carbocycles. The Bertz CT molecular complexity index is 527. The molecule has 24 heavy (non-hydrogen) atoms. The number of nitrogens with one attached hydrogen (secondary N) is 1. The number of carbonyl (C=O) groups excluding carboxylic acids is 1. The number of halogens is 1. The first-order valence-electron chi connectivity index (χ1n) is 9.14. The Morgan fingerprint density at radius 3 is 2.79 bits per heavy atom. The fourth-order valence-corrected chi connectivity index (χ4v) is 4.19. The molecule has 0 aromatic carbocycles. The van der Waals surface area contributed by atoms with Crippen molar-refractivity contribution in [3.05, 3.63) is 18.2 Å². The number of piperazine rings is 1. The van der Waals surface area contributed by atoms with Crippen LogP contribution in [0.5, 0.6) is 0 Å². The Morgan fingerprint density at radius 1 is 1.38 bits per heavy atom. The Kier molecular flexibility index (Phi) is 7.11. The largest absolute Gasteiger partial charge is 0.336 e. The first-order chi connectivity index (χ1) is 11.2. The van der Waals surface area contributed by atoms with E-state index in [4.69, 9.17) is 0 Å². The van der Waals surface area contributed by atoms with Crippen LogP contribution in [0.15, 0.2) is 12.4 Å². The summed E-state index contributed by atoms with van der Waals surface area (Å²) < 4.78 is 2.03. The van der Waals surface area contributed by atoms with Gasteiger partial charge in [-0.25, -0.2) is 4.98 Å². The smallest absolute Gasteiger partial charge is 0.223 e. The molecular weight excluding hydrogens is 324 g/mol. The topological polar surface area (TPSA) is 50.2 Å². The normalized spacial score (nSPS) is 23.6. The summed E-state index contributed by atoms with van der Waals surface area (Å²) in [5, 5.41) is 3.40. The van der Waals surface area contributed by atoms with Gasteiger partial charge in [0.2, 0.25) is 5.91 Å². The minimum atomic E-state index is 0. The number of rotatable bonds is 4. The van der Waals surface area contributed by atoms with Crippen molar-refractivity contribution < 1.29 is 4.79 Å². The summed E-state index contributed by atoms with van der Waals surface area (Å²) in [7, 11) is 2.00. The molecule has 2 aliphatic rings. The summed E-state index contributed by atoms with van der Waals surface area (Å²) >= 11 is 0. The van der Waals surface area contributed by atoms with Gasteiger partial charge in [0.05, 0.1) is 0 Å². The lowest BCUT2D eigenvalue weighted by Crippen LogP contribution is -2.49. The third-order valence-corrected chi connectivity index (χ3v) is 5.67. The molecule has 1 saturated heterocycles. The highest BCUT2D eigenvalue weighted by molar-refractivity contribution is 5.85. The third kappa shape index (κ3) is 4.31. The van der Waals surface area contributed by atoms with E-state index in [0.717, 1.165) is 31.4 Å². The highest BCUT2D eigenvalue weighted by Gasteiger charge is 2.32. The summed E-state index contributed by atoms with van der Waals surface area (Å²) in [5.41, 5.74) is 0. The number of nitrogens with zero attached hydrogens (tertiary/aromatic N) is 3. The Hall–Kier alpha value is -1.07. The molecular formula is C18H31ClN4O. The maximum atomic E-state index is 12.9. The molecule has 2 unspecified atom stereocenters. The van der Waals surface area contributed by atoms with E-state index in [1.54, 1.807) is 0 Å². The van der Waals surface area contributed by atoms with E-state index in [0.29, 0.717) is 18.2 Å². The van der Waals surface area contributed by atoms with Gasteiger partial charge < -0.3 is 14.8 Å². The lowest BCUT2D eigenvalue weighted by atomic mass is 9.79. The molecule has 1 aromatic heterocycles. The van der Waals surface area contributed by atoms with Gasteiger partial charge in [-0.15, -0.1) is 12.4 Å². The molecule has 1 aromatic rings. The van der Waals surface area contributed by atoms with Crippen LogP contribution >= 0.6 is 12.4 Å². The van der Waals surface area contributed by atoms with Crippen molar-refractivity contribution in [2.75, 3.05) is 19.6 Å². The van der Waals surface area contributed by atoms with Gasteiger partial charge in [0.15, 0.2) is 0 Å². The van der Waals surface area contributed by atoms with Gasteiger partial charge in [0.25, 0.3) is 0 Å². The third-order valence-electron chi connectivity index (χ3n) is 5.67. The van der Waals surface area contributed by atoms with Crippen molar-refractivity contribution in [3.8, 4) is 0 Å². The fourth-order valence-electron chi connectivity index (χ4n) is 4.19. The highest BCUT2D eigenvalue weighted by Crippen LogP contribution is 2.32. The van der Waals surface area contributed by atoms with Crippen LogP contribution in [0.4, 0.5) is 0 Å². The molecule has 1 aliphatic carbocycles. The van der Waals surface area contributed by atoms with Crippen molar-refractivity contribution in [1.29, 1.82) is 0 Å². The second-order valence-corrected chi connectivity index (χ2v) is 7.28. The lowest BCUT2D eigenvalue weighted by molar-refractivity contribution is -0.136. The Balaban J connectivity index is 0.00000208. The van der Waals surface area contributed by atoms with Gasteiger partial charge in [-0.2, -0.15) is 0 Å². The van der Waals surface area contributed by atoms with E-state index >= 15 is 0 Å². The number of amides is 1. The molecule has 1 aliphatic heterocycles. The van der Waals surface area contributed by atoms with Gasteiger partial charge in [-0.3, -0.25) is 4.79 Å². The molecule has 2 heterocycles. The number of aromatic nitrogens is 2. The molecule has 0 spiro atoms. The molecule has 1 amide bonds. The maximum Gasteiger partial charge on any atom is 0.223 e. The van der Waals surface area contributed by atoms with Gasteiger partial charge in [-0.05, 0) is 11.8 Å². The van der Waals surface area contributed by atoms with Crippen molar-refractivity contribution in [2.24, 2.45) is 18.9 Å². The van der Waals surface area contributed by atoms with Crippen LogP contribution in [0.25, 0.3) is 0 Å². The van der Waals surface area contributed by atoms with E-state index in [1.807, 2.05) is 24.0 Å². The Morgan fingerprint density at radius 2 is 2.12 bits per heavy atom. The molecule has 1 N–H and O–H groups in total. The first kappa shape index (κ1) is 19.3. The molecule has 2 atom stereocenters. The zero-order valence-electron chi connectivity index (χ0n) is 14.9. The van der Waals surface area contributed by atoms with Crippen LogP contribution < -0.4 is 5.32 Å². The van der Waals surface area contributed by atoms with E-state index < -0.39 is 0 Å². The number of carbonyl (C=O) groups is 1. The number of hydrogen-bond acceptors (Lipinski definition) is 3. The van der Waals surface area contributed by atoms with Crippen molar-refractivity contribution in [1.82, 2.24) is 19.8 Å². The summed E-state index contributed by atoms with van der Waals surface area (Å²) in [5.74, 6) is 2.52. The van der Waals surface area contributed by atoms with Gasteiger partial charge >= 0.3 is 0 Å². The monoisotopic (exact) mass is 354 g/mol. The zero-order chi connectivity index (χ0) is 16.2. The number of imidazole rings is 1. The first-order valence-corrected chi connectivity index (χ1v) is 9.14. The predicted octanol–water partition coefficient (Wildman–Crippen LogP) is 2.92. The minimum absolute atomic E-state index is 0. The van der Waals surface area contributed by atoms with E-state index in [1.165, 1.54) is 32.1 Å². The Labute approximate surface area is 151 Å². The average Bonchev–Trinajstić information content (AvgIpc) is 3.01. The average molecular weight is 355 g/mol. The molecule has 0 radical (unpaired) electrons. The summed E-state index contributed by atoms with van der Waals surface area (Å²) in [6.45, 7) is 4.73. The highest BCUT2D eigenvalue weighted by atomic mass is 35.5. The molecule has 136 valence electrons. The van der Waals surface area contributed by atoms with E-state index in [-0.39, 0.29) is 18.4 Å². The van der Waals surface area contributed by atoms with Gasteiger partial charge in [0.1, 0.15) is 11.9 Å². The summed E-state index contributed by atoms with van der Waals surface area (Å²) in [4.78, 5) is 19.5. The quantitative estimate of drug-likeness (QED) is 0.904. The second kappa shape index (κ2) is 8.86. The number of hydrogen-bond donors (Lipinski definition) is 1. The van der Waals surface area contributed by atoms with Gasteiger partial charge in [0, 0.05) is 45.5 Å². The molecule has 5 nitrogen and oxygen atoms in total. The molecule has 2 fully saturated rings. The second-order valence-electron chi connectivity index (χ2n) is 7.28. The lowest BCUT2D eigenvalue weighted by Gasteiger charge is -2.37. The van der Waals surface area contributed by atoms with Crippen LogP contribution in [0.3, 0.4) is 0 Å². The van der Waals surface area contributed by atoms with Crippen molar-refractivity contribution in [2.45, 2.75) is 51.5 Å². The van der Waals surface area contributed by atoms with Crippen LogP contribution in [0.2, 0.25) is 0 Å². The van der Waals surface area contributed by atoms with Crippen LogP contribution in [0, 0.1) is 11.8 Å². The van der Waals surface area contributed by atoms with Crippen molar-refractivity contribution in [3.63, 3.8) is 0 Å². The van der Waals surface area contributed by atoms with Crippen LogP contribution in [0.1, 0.15) is 57.3 Å². The zero-order valence-corrected chi connectivity index (χ0v) is 15.7. The summed E-state index contributed by atoms with van der Waals surface area (Å²) in [6, 6.07) is 0.0646. The number of aryl methyl sites for hydroxylation is 1. The molecule has 0 bridgehead atoms. The standard InChI is InChI=1S/C18H30N4O.ClH/c1-14(15-6-4-3-5-7-15)12-17(23)22-11-8-19-13-16(22)18-20-9-10-21(18)2;/h9-10,14-16,19H,3-8,11-13H2,1-2H3;1H. The maximum absolute atomic E-state index is 12.9.